The maximum absolute atomic E-state index is 12.1. The lowest BCUT2D eigenvalue weighted by molar-refractivity contribution is -0.135. The minimum absolute atomic E-state index is 0.0197. The monoisotopic (exact) mass is 326 g/mol. The number of carbonyl (C=O) groups is 1. The highest BCUT2D eigenvalue weighted by Crippen LogP contribution is 2.24. The number of amides is 1. The largest absolute Gasteiger partial charge is 0.375 e. The summed E-state index contributed by atoms with van der Waals surface area (Å²) in [6, 6.07) is 8.20. The summed E-state index contributed by atoms with van der Waals surface area (Å²) in [6.45, 7) is 3.50. The summed E-state index contributed by atoms with van der Waals surface area (Å²) in [6.07, 6.45) is 3.05. The van der Waals surface area contributed by atoms with Gasteiger partial charge in [-0.05, 0) is 25.5 Å². The van der Waals surface area contributed by atoms with Gasteiger partial charge in [-0.25, -0.2) is 9.97 Å². The van der Waals surface area contributed by atoms with Crippen LogP contribution in [0.1, 0.15) is 16.8 Å². The molecular formula is C18H22N4O2. The molecule has 0 saturated carbocycles. The molecule has 0 fully saturated rings. The maximum atomic E-state index is 12.1. The van der Waals surface area contributed by atoms with Crippen molar-refractivity contribution in [3.05, 3.63) is 47.4 Å². The van der Waals surface area contributed by atoms with Gasteiger partial charge in [0, 0.05) is 37.9 Å². The van der Waals surface area contributed by atoms with E-state index in [9.17, 15) is 4.79 Å². The second-order valence-corrected chi connectivity index (χ2v) is 5.95. The van der Waals surface area contributed by atoms with Crippen LogP contribution in [0, 0.1) is 6.92 Å². The number of aromatic nitrogens is 2. The SMILES string of the molecule is COCC(=O)N1CCc2ncnc(Nc3ccc(C)cc3)c2CC1. The first-order valence-corrected chi connectivity index (χ1v) is 8.10. The Labute approximate surface area is 141 Å². The molecule has 1 aliphatic heterocycles. The molecule has 24 heavy (non-hydrogen) atoms. The van der Waals surface area contributed by atoms with Crippen molar-refractivity contribution in [2.45, 2.75) is 19.8 Å². The van der Waals surface area contributed by atoms with E-state index in [2.05, 4.69) is 34.3 Å². The summed E-state index contributed by atoms with van der Waals surface area (Å²) in [5, 5.41) is 3.38. The molecule has 6 nitrogen and oxygen atoms in total. The third-order valence-electron chi connectivity index (χ3n) is 4.22. The lowest BCUT2D eigenvalue weighted by Gasteiger charge is -2.19. The molecule has 0 radical (unpaired) electrons. The molecule has 2 heterocycles. The molecule has 2 aromatic rings. The van der Waals surface area contributed by atoms with Gasteiger partial charge in [-0.15, -0.1) is 0 Å². The van der Waals surface area contributed by atoms with Gasteiger partial charge in [-0.2, -0.15) is 0 Å². The Morgan fingerprint density at radius 2 is 1.96 bits per heavy atom. The Hall–Kier alpha value is -2.47. The van der Waals surface area contributed by atoms with Gasteiger partial charge in [0.25, 0.3) is 0 Å². The van der Waals surface area contributed by atoms with Crippen molar-refractivity contribution in [1.29, 1.82) is 0 Å². The van der Waals surface area contributed by atoms with Gasteiger partial charge >= 0.3 is 0 Å². The number of fused-ring (bicyclic) bond motifs is 1. The first-order chi connectivity index (χ1) is 11.7. The zero-order chi connectivity index (χ0) is 16.9. The zero-order valence-electron chi connectivity index (χ0n) is 14.1. The van der Waals surface area contributed by atoms with Crippen LogP contribution in [0.5, 0.6) is 0 Å². The van der Waals surface area contributed by atoms with Crippen LogP contribution in [-0.2, 0) is 22.4 Å². The Balaban J connectivity index is 1.79. The molecule has 0 spiro atoms. The summed E-state index contributed by atoms with van der Waals surface area (Å²) >= 11 is 0. The van der Waals surface area contributed by atoms with E-state index in [1.54, 1.807) is 13.4 Å². The minimum Gasteiger partial charge on any atom is -0.375 e. The first-order valence-electron chi connectivity index (χ1n) is 8.10. The van der Waals surface area contributed by atoms with Crippen LogP contribution in [0.15, 0.2) is 30.6 Å². The molecule has 1 aromatic carbocycles. The Kier molecular flexibility index (Phi) is 5.05. The van der Waals surface area contributed by atoms with Crippen molar-refractivity contribution in [2.24, 2.45) is 0 Å². The van der Waals surface area contributed by atoms with E-state index in [0.717, 1.165) is 35.6 Å². The molecule has 126 valence electrons. The van der Waals surface area contributed by atoms with E-state index in [1.165, 1.54) is 5.56 Å². The summed E-state index contributed by atoms with van der Waals surface area (Å²) < 4.78 is 4.96. The number of benzene rings is 1. The number of aryl methyl sites for hydroxylation is 1. The topological polar surface area (TPSA) is 67.3 Å². The number of nitrogens with zero attached hydrogens (tertiary/aromatic N) is 3. The molecule has 0 saturated heterocycles. The number of ether oxygens (including phenoxy) is 1. The standard InChI is InChI=1S/C18H22N4O2/c1-13-3-5-14(6-4-13)21-18-15-7-9-22(17(23)11-24-2)10-8-16(15)19-12-20-18/h3-6,12H,7-11H2,1-2H3,(H,19,20,21). The zero-order valence-corrected chi connectivity index (χ0v) is 14.1. The van der Waals surface area contributed by atoms with Crippen LogP contribution in [0.3, 0.4) is 0 Å². The smallest absolute Gasteiger partial charge is 0.248 e. The average molecular weight is 326 g/mol. The molecule has 0 atom stereocenters. The van der Waals surface area contributed by atoms with E-state index in [1.807, 2.05) is 17.0 Å². The highest BCUT2D eigenvalue weighted by atomic mass is 16.5. The van der Waals surface area contributed by atoms with E-state index in [4.69, 9.17) is 4.74 Å². The van der Waals surface area contributed by atoms with Crippen molar-refractivity contribution in [3.8, 4) is 0 Å². The van der Waals surface area contributed by atoms with Crippen molar-refractivity contribution in [3.63, 3.8) is 0 Å². The van der Waals surface area contributed by atoms with Crippen LogP contribution in [0.25, 0.3) is 0 Å². The molecule has 1 aromatic heterocycles. The molecule has 1 N–H and O–H groups in total. The van der Waals surface area contributed by atoms with E-state index < -0.39 is 0 Å². The van der Waals surface area contributed by atoms with E-state index in [-0.39, 0.29) is 12.5 Å². The fraction of sp³-hybridized carbons (Fsp3) is 0.389. The average Bonchev–Trinajstić information content (AvgIpc) is 2.81. The van der Waals surface area contributed by atoms with E-state index in [0.29, 0.717) is 13.1 Å². The van der Waals surface area contributed by atoms with Gasteiger partial charge in [0.15, 0.2) is 0 Å². The van der Waals surface area contributed by atoms with Gasteiger partial charge in [0.05, 0.1) is 5.69 Å². The number of hydrogen-bond acceptors (Lipinski definition) is 5. The fourth-order valence-electron chi connectivity index (χ4n) is 2.87. The summed E-state index contributed by atoms with van der Waals surface area (Å²) in [5.74, 6) is 0.844. The minimum atomic E-state index is 0.0197. The lowest BCUT2D eigenvalue weighted by Crippen LogP contribution is -2.35. The van der Waals surface area contributed by atoms with Crippen LogP contribution in [0.2, 0.25) is 0 Å². The third kappa shape index (κ3) is 3.71. The summed E-state index contributed by atoms with van der Waals surface area (Å²) in [4.78, 5) is 22.7. The molecule has 0 aliphatic carbocycles. The van der Waals surface area contributed by atoms with Gasteiger partial charge in [0.1, 0.15) is 18.8 Å². The second kappa shape index (κ2) is 7.40. The summed E-state index contributed by atoms with van der Waals surface area (Å²) in [5.41, 5.74) is 4.31. The number of hydrogen-bond donors (Lipinski definition) is 1. The predicted molar refractivity (Wildman–Crippen MR) is 92.4 cm³/mol. The van der Waals surface area contributed by atoms with Crippen molar-refractivity contribution in [1.82, 2.24) is 14.9 Å². The number of nitrogens with one attached hydrogen (secondary N) is 1. The Morgan fingerprint density at radius 1 is 1.21 bits per heavy atom. The van der Waals surface area contributed by atoms with Crippen LogP contribution in [-0.4, -0.2) is 47.6 Å². The highest BCUT2D eigenvalue weighted by Gasteiger charge is 2.21. The second-order valence-electron chi connectivity index (χ2n) is 5.95. The van der Waals surface area contributed by atoms with Gasteiger partial charge in [0.2, 0.25) is 5.91 Å². The highest BCUT2D eigenvalue weighted by molar-refractivity contribution is 5.77. The Bertz CT molecular complexity index is 715. The van der Waals surface area contributed by atoms with Crippen molar-refractivity contribution >= 4 is 17.4 Å². The number of methoxy groups -OCH3 is 1. The number of carbonyl (C=O) groups excluding carboxylic acids is 1. The number of anilines is 2. The third-order valence-corrected chi connectivity index (χ3v) is 4.22. The molecule has 6 heteroatoms. The molecular weight excluding hydrogens is 304 g/mol. The van der Waals surface area contributed by atoms with Gasteiger partial charge in [-0.3, -0.25) is 4.79 Å². The van der Waals surface area contributed by atoms with Gasteiger partial charge in [-0.1, -0.05) is 17.7 Å². The molecule has 1 amide bonds. The Morgan fingerprint density at radius 3 is 2.71 bits per heavy atom. The molecule has 0 bridgehead atoms. The normalized spacial score (nSPS) is 14.0. The quantitative estimate of drug-likeness (QED) is 0.932. The predicted octanol–water partition coefficient (Wildman–Crippen LogP) is 2.10. The van der Waals surface area contributed by atoms with E-state index >= 15 is 0 Å². The fourth-order valence-corrected chi connectivity index (χ4v) is 2.87. The molecule has 0 unspecified atom stereocenters. The van der Waals surface area contributed by atoms with Crippen LogP contribution in [0.4, 0.5) is 11.5 Å². The maximum Gasteiger partial charge on any atom is 0.248 e. The van der Waals surface area contributed by atoms with Crippen molar-refractivity contribution < 1.29 is 9.53 Å². The number of rotatable bonds is 4. The first kappa shape index (κ1) is 16.4. The van der Waals surface area contributed by atoms with Crippen LogP contribution >= 0.6 is 0 Å². The van der Waals surface area contributed by atoms with Crippen molar-refractivity contribution in [2.75, 3.05) is 32.1 Å². The summed E-state index contributed by atoms with van der Waals surface area (Å²) in [7, 11) is 1.54. The molecule has 1 aliphatic rings. The lowest BCUT2D eigenvalue weighted by atomic mass is 10.1. The van der Waals surface area contributed by atoms with Gasteiger partial charge < -0.3 is 15.0 Å². The van der Waals surface area contributed by atoms with Crippen LogP contribution < -0.4 is 5.32 Å². The molecule has 3 rings (SSSR count).